The summed E-state index contributed by atoms with van der Waals surface area (Å²) in [6, 6.07) is 5.78. The van der Waals surface area contributed by atoms with Crippen LogP contribution in [0.25, 0.3) is 10.9 Å². The van der Waals surface area contributed by atoms with Gasteiger partial charge in [-0.3, -0.25) is 5.32 Å². The summed E-state index contributed by atoms with van der Waals surface area (Å²) in [5.41, 5.74) is 1.00. The summed E-state index contributed by atoms with van der Waals surface area (Å²) in [5.74, 6) is -0.185. The lowest BCUT2D eigenvalue weighted by atomic mass is 9.84. The first-order chi connectivity index (χ1) is 11.1. The Morgan fingerprint density at radius 3 is 2.83 bits per heavy atom. The largest absolute Gasteiger partial charge is 0.478 e. The number of carbonyl (C=O) groups is 1. The Morgan fingerprint density at radius 1 is 1.39 bits per heavy atom. The van der Waals surface area contributed by atoms with Gasteiger partial charge < -0.3 is 10.0 Å². The summed E-state index contributed by atoms with van der Waals surface area (Å²) in [6.45, 7) is 5.57. The molecule has 2 unspecified atom stereocenters. The lowest BCUT2D eigenvalue weighted by molar-refractivity contribution is 0.0622. The summed E-state index contributed by atoms with van der Waals surface area (Å²) < 4.78 is 1.82. The highest BCUT2D eigenvalue weighted by Crippen LogP contribution is 2.29. The molecule has 1 aromatic heterocycles. The van der Waals surface area contributed by atoms with E-state index in [-0.39, 0.29) is 6.17 Å². The van der Waals surface area contributed by atoms with Gasteiger partial charge in [-0.1, -0.05) is 12.1 Å². The first-order valence-electron chi connectivity index (χ1n) is 8.31. The van der Waals surface area contributed by atoms with Gasteiger partial charge in [0.05, 0.1) is 23.4 Å². The second-order valence-corrected chi connectivity index (χ2v) is 6.72. The number of nitrogens with one attached hydrogen (secondary N) is 1. The van der Waals surface area contributed by atoms with Crippen molar-refractivity contribution in [3.8, 4) is 0 Å². The molecule has 0 saturated carbocycles. The van der Waals surface area contributed by atoms with E-state index in [9.17, 15) is 9.90 Å². The molecule has 0 spiro atoms. The van der Waals surface area contributed by atoms with E-state index >= 15 is 0 Å². The number of piperidine rings is 3. The predicted molar refractivity (Wildman–Crippen MR) is 87.5 cm³/mol. The molecule has 2 N–H and O–H groups in total. The van der Waals surface area contributed by atoms with Crippen LogP contribution in [0, 0.1) is 5.92 Å². The highest BCUT2D eigenvalue weighted by Gasteiger charge is 2.34. The van der Waals surface area contributed by atoms with Crippen molar-refractivity contribution in [3.05, 3.63) is 30.0 Å². The van der Waals surface area contributed by atoms with E-state index in [1.807, 2.05) is 10.7 Å². The van der Waals surface area contributed by atoms with E-state index in [2.05, 4.69) is 22.2 Å². The fourth-order valence-electron chi connectivity index (χ4n) is 4.10. The van der Waals surface area contributed by atoms with Crippen molar-refractivity contribution in [2.24, 2.45) is 5.92 Å². The van der Waals surface area contributed by atoms with E-state index in [0.29, 0.717) is 17.1 Å². The van der Waals surface area contributed by atoms with Gasteiger partial charge in [0.25, 0.3) is 0 Å². The van der Waals surface area contributed by atoms with Gasteiger partial charge in [0.15, 0.2) is 0 Å². The number of nitrogens with zero attached hydrogens (tertiary/aromatic N) is 3. The first-order valence-corrected chi connectivity index (χ1v) is 8.31. The highest BCUT2D eigenvalue weighted by atomic mass is 16.4. The summed E-state index contributed by atoms with van der Waals surface area (Å²) in [5, 5.41) is 18.4. The van der Waals surface area contributed by atoms with Crippen LogP contribution in [-0.4, -0.2) is 51.4 Å². The van der Waals surface area contributed by atoms with Crippen LogP contribution in [0.2, 0.25) is 0 Å². The Balaban J connectivity index is 1.62. The number of benzene rings is 1. The van der Waals surface area contributed by atoms with Crippen LogP contribution in [0.3, 0.4) is 0 Å². The standard InChI is InChI=1S/C17H22N4O2/c1-11(19-15-10-20-7-5-12(15)6-8-20)21-16-13(9-18-21)3-2-4-14(16)17(22)23/h2-4,9,11-12,15,19H,5-8,10H2,1H3,(H,22,23). The van der Waals surface area contributed by atoms with Gasteiger partial charge in [-0.2, -0.15) is 5.10 Å². The van der Waals surface area contributed by atoms with Crippen LogP contribution >= 0.6 is 0 Å². The molecule has 4 heterocycles. The Kier molecular flexibility index (Phi) is 3.58. The molecule has 3 fully saturated rings. The van der Waals surface area contributed by atoms with Gasteiger partial charge in [-0.15, -0.1) is 0 Å². The average molecular weight is 314 g/mol. The Labute approximate surface area is 135 Å². The monoisotopic (exact) mass is 314 g/mol. The maximum atomic E-state index is 11.5. The lowest BCUT2D eigenvalue weighted by Gasteiger charge is -2.46. The van der Waals surface area contributed by atoms with Gasteiger partial charge in [0.1, 0.15) is 0 Å². The summed E-state index contributed by atoms with van der Waals surface area (Å²) in [4.78, 5) is 14.0. The maximum absolute atomic E-state index is 11.5. The van der Waals surface area contributed by atoms with Gasteiger partial charge in [-0.25, -0.2) is 9.48 Å². The minimum Gasteiger partial charge on any atom is -0.478 e. The van der Waals surface area contributed by atoms with Gasteiger partial charge in [0, 0.05) is 18.0 Å². The molecule has 2 atom stereocenters. The minimum atomic E-state index is -0.910. The molecule has 6 nitrogen and oxygen atoms in total. The third kappa shape index (κ3) is 2.52. The zero-order chi connectivity index (χ0) is 16.0. The first kappa shape index (κ1) is 14.7. The van der Waals surface area contributed by atoms with Crippen LogP contribution in [0.4, 0.5) is 0 Å². The number of carboxylic acid groups (broad SMARTS) is 1. The topological polar surface area (TPSA) is 70.4 Å². The van der Waals surface area contributed by atoms with Crippen LogP contribution in [0.1, 0.15) is 36.3 Å². The number of hydrogen-bond donors (Lipinski definition) is 2. The van der Waals surface area contributed by atoms with Crippen LogP contribution in [0.5, 0.6) is 0 Å². The molecule has 122 valence electrons. The molecular formula is C17H22N4O2. The second kappa shape index (κ2) is 5.62. The normalized spacial score (nSPS) is 28.1. The number of para-hydroxylation sites is 1. The maximum Gasteiger partial charge on any atom is 0.337 e. The summed E-state index contributed by atoms with van der Waals surface area (Å²) in [6.07, 6.45) is 4.23. The van der Waals surface area contributed by atoms with Crippen LogP contribution in [0.15, 0.2) is 24.4 Å². The molecule has 0 radical (unpaired) electrons. The van der Waals surface area contributed by atoms with Crippen molar-refractivity contribution >= 4 is 16.9 Å². The predicted octanol–water partition coefficient (Wildman–Crippen LogP) is 1.94. The van der Waals surface area contributed by atoms with E-state index < -0.39 is 5.97 Å². The molecular weight excluding hydrogens is 292 g/mol. The van der Waals surface area contributed by atoms with E-state index in [4.69, 9.17) is 0 Å². The Bertz CT molecular complexity index is 733. The smallest absolute Gasteiger partial charge is 0.337 e. The Morgan fingerprint density at radius 2 is 2.17 bits per heavy atom. The van der Waals surface area contributed by atoms with Gasteiger partial charge in [0.2, 0.25) is 0 Å². The van der Waals surface area contributed by atoms with E-state index in [1.165, 1.54) is 25.9 Å². The molecule has 1 aromatic carbocycles. The molecule has 3 aliphatic heterocycles. The van der Waals surface area contributed by atoms with Crippen LogP contribution in [-0.2, 0) is 0 Å². The van der Waals surface area contributed by atoms with Crippen molar-refractivity contribution in [2.75, 3.05) is 19.6 Å². The lowest BCUT2D eigenvalue weighted by Crippen LogP contribution is -2.56. The Hall–Kier alpha value is -1.92. The number of fused-ring (bicyclic) bond motifs is 4. The molecule has 2 bridgehead atoms. The number of aromatic nitrogens is 2. The molecule has 0 amide bonds. The van der Waals surface area contributed by atoms with Crippen molar-refractivity contribution in [1.82, 2.24) is 20.0 Å². The molecule has 5 rings (SSSR count). The van der Waals surface area contributed by atoms with Crippen molar-refractivity contribution in [1.29, 1.82) is 0 Å². The molecule has 2 aromatic rings. The van der Waals surface area contributed by atoms with E-state index in [0.717, 1.165) is 17.8 Å². The number of aromatic carboxylic acids is 1. The zero-order valence-electron chi connectivity index (χ0n) is 13.3. The fraction of sp³-hybridized carbons (Fsp3) is 0.529. The second-order valence-electron chi connectivity index (χ2n) is 6.72. The third-order valence-electron chi connectivity index (χ3n) is 5.33. The molecule has 0 aliphatic carbocycles. The third-order valence-corrected chi connectivity index (χ3v) is 5.33. The van der Waals surface area contributed by atoms with Crippen LogP contribution < -0.4 is 5.32 Å². The minimum absolute atomic E-state index is 0.0291. The fourth-order valence-corrected chi connectivity index (χ4v) is 4.10. The average Bonchev–Trinajstić information content (AvgIpc) is 3.00. The number of rotatable bonds is 4. The molecule has 3 saturated heterocycles. The number of carboxylic acids is 1. The molecule has 3 aliphatic rings. The number of hydrogen-bond acceptors (Lipinski definition) is 4. The molecule has 6 heteroatoms. The van der Waals surface area contributed by atoms with Gasteiger partial charge >= 0.3 is 5.97 Å². The highest BCUT2D eigenvalue weighted by molar-refractivity contribution is 6.01. The van der Waals surface area contributed by atoms with Crippen molar-refractivity contribution < 1.29 is 9.90 Å². The van der Waals surface area contributed by atoms with Crippen molar-refractivity contribution in [2.45, 2.75) is 32.0 Å². The molecule has 23 heavy (non-hydrogen) atoms. The van der Waals surface area contributed by atoms with E-state index in [1.54, 1.807) is 18.3 Å². The quantitative estimate of drug-likeness (QED) is 0.902. The summed E-state index contributed by atoms with van der Waals surface area (Å²) in [7, 11) is 0. The SMILES string of the molecule is CC(NC1CN2CCC1CC2)n1ncc2cccc(C(=O)O)c21. The van der Waals surface area contributed by atoms with Crippen molar-refractivity contribution in [3.63, 3.8) is 0 Å². The summed E-state index contributed by atoms with van der Waals surface area (Å²) >= 11 is 0. The van der Waals surface area contributed by atoms with Gasteiger partial charge in [-0.05, 0) is 44.8 Å². The zero-order valence-corrected chi connectivity index (χ0v) is 13.3.